The summed E-state index contributed by atoms with van der Waals surface area (Å²) in [5.41, 5.74) is 0.906. The largest absolute Gasteiger partial charge is 0.508 e. The van der Waals surface area contributed by atoms with Gasteiger partial charge in [-0.2, -0.15) is 0 Å². The molecular formula is C11H8O2. The van der Waals surface area contributed by atoms with E-state index in [2.05, 4.69) is 11.8 Å². The van der Waals surface area contributed by atoms with Crippen LogP contribution in [0.1, 0.15) is 16.7 Å². The van der Waals surface area contributed by atoms with Gasteiger partial charge in [0.05, 0.1) is 11.1 Å². The standard InChI is InChI=1S/C11H8O2/c1-4-8-6-10(12)7(3)9(5-2)11(8)13/h1-2,6,12-13H,3H3. The summed E-state index contributed by atoms with van der Waals surface area (Å²) in [6.07, 6.45) is 10.3. The Balaban J connectivity index is 3.63. The van der Waals surface area contributed by atoms with Gasteiger partial charge in [-0.3, -0.25) is 0 Å². The van der Waals surface area contributed by atoms with Gasteiger partial charge in [0.15, 0.2) is 0 Å². The van der Waals surface area contributed by atoms with Crippen molar-refractivity contribution in [3.8, 4) is 36.2 Å². The van der Waals surface area contributed by atoms with Crippen molar-refractivity contribution in [1.82, 2.24) is 0 Å². The summed E-state index contributed by atoms with van der Waals surface area (Å²) in [6.45, 7) is 1.62. The summed E-state index contributed by atoms with van der Waals surface area (Å²) in [5, 5.41) is 18.9. The fourth-order valence-electron chi connectivity index (χ4n) is 1.04. The van der Waals surface area contributed by atoms with Crippen LogP contribution in [0.2, 0.25) is 0 Å². The van der Waals surface area contributed by atoms with Gasteiger partial charge in [0, 0.05) is 5.56 Å². The Morgan fingerprint density at radius 2 is 1.85 bits per heavy atom. The Bertz CT molecular complexity index is 431. The number of hydrogen-bond acceptors (Lipinski definition) is 2. The first-order chi connectivity index (χ1) is 6.11. The van der Waals surface area contributed by atoms with Crippen LogP contribution in [-0.2, 0) is 0 Å². The minimum atomic E-state index is -0.125. The highest BCUT2D eigenvalue weighted by molar-refractivity contribution is 5.62. The number of hydrogen-bond donors (Lipinski definition) is 2. The maximum atomic E-state index is 9.50. The lowest BCUT2D eigenvalue weighted by Gasteiger charge is -2.06. The van der Waals surface area contributed by atoms with Gasteiger partial charge in [0.2, 0.25) is 0 Å². The van der Waals surface area contributed by atoms with Crippen LogP contribution in [0.15, 0.2) is 6.07 Å². The lowest BCUT2D eigenvalue weighted by Crippen LogP contribution is -1.88. The van der Waals surface area contributed by atoms with Crippen LogP contribution in [0.5, 0.6) is 11.5 Å². The van der Waals surface area contributed by atoms with Gasteiger partial charge in [-0.05, 0) is 13.0 Å². The monoisotopic (exact) mass is 172 g/mol. The summed E-state index contributed by atoms with van der Waals surface area (Å²) in [7, 11) is 0. The summed E-state index contributed by atoms with van der Waals surface area (Å²) in [4.78, 5) is 0. The van der Waals surface area contributed by atoms with E-state index in [4.69, 9.17) is 12.8 Å². The van der Waals surface area contributed by atoms with Crippen LogP contribution < -0.4 is 0 Å². The molecule has 0 aromatic heterocycles. The van der Waals surface area contributed by atoms with Crippen LogP contribution >= 0.6 is 0 Å². The molecule has 0 spiro atoms. The average Bonchev–Trinajstić information content (AvgIpc) is 2.12. The van der Waals surface area contributed by atoms with Crippen LogP contribution in [0, 0.1) is 31.6 Å². The second-order valence-electron chi connectivity index (χ2n) is 2.58. The Morgan fingerprint density at radius 3 is 2.31 bits per heavy atom. The Labute approximate surface area is 76.8 Å². The van der Waals surface area contributed by atoms with Gasteiger partial charge in [0.1, 0.15) is 11.5 Å². The molecule has 13 heavy (non-hydrogen) atoms. The summed E-state index contributed by atoms with van der Waals surface area (Å²) in [6, 6.07) is 1.31. The van der Waals surface area contributed by atoms with Gasteiger partial charge in [-0.15, -0.1) is 12.8 Å². The normalized spacial score (nSPS) is 8.85. The molecule has 0 atom stereocenters. The summed E-state index contributed by atoms with van der Waals surface area (Å²) in [5.74, 6) is 4.38. The topological polar surface area (TPSA) is 40.5 Å². The smallest absolute Gasteiger partial charge is 0.147 e. The van der Waals surface area contributed by atoms with Gasteiger partial charge >= 0.3 is 0 Å². The molecule has 2 nitrogen and oxygen atoms in total. The molecule has 0 amide bonds. The minimum Gasteiger partial charge on any atom is -0.508 e. The SMILES string of the molecule is C#Cc1cc(O)c(C)c(C#C)c1O. The quantitative estimate of drug-likeness (QED) is 0.458. The number of phenols is 2. The second-order valence-corrected chi connectivity index (χ2v) is 2.58. The summed E-state index contributed by atoms with van der Waals surface area (Å²) >= 11 is 0. The molecule has 1 rings (SSSR count). The zero-order valence-corrected chi connectivity index (χ0v) is 7.13. The molecule has 0 saturated heterocycles. The predicted molar refractivity (Wildman–Crippen MR) is 50.4 cm³/mol. The zero-order valence-electron chi connectivity index (χ0n) is 7.13. The first kappa shape index (κ1) is 9.03. The Hall–Kier alpha value is -2.06. The fraction of sp³-hybridized carbons (Fsp3) is 0.0909. The third-order valence-corrected chi connectivity index (χ3v) is 1.83. The van der Waals surface area contributed by atoms with E-state index in [0.717, 1.165) is 0 Å². The van der Waals surface area contributed by atoms with E-state index < -0.39 is 0 Å². The van der Waals surface area contributed by atoms with E-state index >= 15 is 0 Å². The number of benzene rings is 1. The van der Waals surface area contributed by atoms with E-state index in [9.17, 15) is 10.2 Å². The van der Waals surface area contributed by atoms with E-state index in [1.54, 1.807) is 6.92 Å². The molecule has 0 fully saturated rings. The van der Waals surface area contributed by atoms with Crippen LogP contribution in [0.4, 0.5) is 0 Å². The number of terminal acetylenes is 2. The highest BCUT2D eigenvalue weighted by Gasteiger charge is 2.11. The Kier molecular flexibility index (Phi) is 2.17. The van der Waals surface area contributed by atoms with Crippen molar-refractivity contribution in [2.24, 2.45) is 0 Å². The lowest BCUT2D eigenvalue weighted by molar-refractivity contribution is 0.454. The van der Waals surface area contributed by atoms with Gasteiger partial charge in [-0.25, -0.2) is 0 Å². The van der Waals surface area contributed by atoms with Crippen molar-refractivity contribution < 1.29 is 10.2 Å². The van der Waals surface area contributed by atoms with Gasteiger partial charge in [0.25, 0.3) is 0 Å². The predicted octanol–water partition coefficient (Wildman–Crippen LogP) is 1.37. The van der Waals surface area contributed by atoms with Crippen molar-refractivity contribution >= 4 is 0 Å². The second kappa shape index (κ2) is 3.13. The molecule has 0 bridgehead atoms. The third kappa shape index (κ3) is 1.30. The van der Waals surface area contributed by atoms with E-state index in [-0.39, 0.29) is 22.6 Å². The van der Waals surface area contributed by atoms with Crippen LogP contribution in [-0.4, -0.2) is 10.2 Å². The highest BCUT2D eigenvalue weighted by atomic mass is 16.3. The molecule has 0 aliphatic carbocycles. The van der Waals surface area contributed by atoms with Crippen LogP contribution in [0.3, 0.4) is 0 Å². The van der Waals surface area contributed by atoms with E-state index in [1.165, 1.54) is 6.07 Å². The highest BCUT2D eigenvalue weighted by Crippen LogP contribution is 2.31. The first-order valence-electron chi connectivity index (χ1n) is 3.60. The number of rotatable bonds is 0. The molecule has 2 N–H and O–H groups in total. The van der Waals surface area contributed by atoms with Crippen molar-refractivity contribution in [3.63, 3.8) is 0 Å². The van der Waals surface area contributed by atoms with Crippen molar-refractivity contribution in [3.05, 3.63) is 22.8 Å². The minimum absolute atomic E-state index is 0.00120. The van der Waals surface area contributed by atoms with Gasteiger partial charge < -0.3 is 10.2 Å². The van der Waals surface area contributed by atoms with Crippen molar-refractivity contribution in [2.75, 3.05) is 0 Å². The van der Waals surface area contributed by atoms with Crippen molar-refractivity contribution in [1.29, 1.82) is 0 Å². The van der Waals surface area contributed by atoms with Crippen molar-refractivity contribution in [2.45, 2.75) is 6.92 Å². The fourth-order valence-corrected chi connectivity index (χ4v) is 1.04. The molecule has 0 heterocycles. The molecule has 0 aliphatic heterocycles. The molecule has 0 unspecified atom stereocenters. The van der Waals surface area contributed by atoms with Crippen LogP contribution in [0.25, 0.3) is 0 Å². The molecule has 1 aromatic rings. The van der Waals surface area contributed by atoms with E-state index in [0.29, 0.717) is 5.56 Å². The zero-order chi connectivity index (χ0) is 10.0. The maximum Gasteiger partial charge on any atom is 0.147 e. The molecular weight excluding hydrogens is 164 g/mol. The lowest BCUT2D eigenvalue weighted by atomic mass is 10.0. The third-order valence-electron chi connectivity index (χ3n) is 1.83. The molecule has 0 saturated carbocycles. The average molecular weight is 172 g/mol. The molecule has 0 aliphatic rings. The molecule has 0 radical (unpaired) electrons. The molecule has 64 valence electrons. The first-order valence-corrected chi connectivity index (χ1v) is 3.60. The summed E-state index contributed by atoms with van der Waals surface area (Å²) < 4.78 is 0. The number of aromatic hydroxyl groups is 2. The number of phenolic OH excluding ortho intramolecular Hbond substituents is 2. The molecule has 1 aromatic carbocycles. The Morgan fingerprint density at radius 1 is 1.23 bits per heavy atom. The van der Waals surface area contributed by atoms with E-state index in [1.807, 2.05) is 0 Å². The maximum absolute atomic E-state index is 9.50. The van der Waals surface area contributed by atoms with Gasteiger partial charge in [-0.1, -0.05) is 11.8 Å². The molecule has 2 heteroatoms.